The van der Waals surface area contributed by atoms with Gasteiger partial charge < -0.3 is 14.4 Å². The number of rotatable bonds is 5. The number of methoxy groups -OCH3 is 2. The number of aryl methyl sites for hydroxylation is 1. The summed E-state index contributed by atoms with van der Waals surface area (Å²) in [5.74, 6) is 2.17. The van der Waals surface area contributed by atoms with E-state index in [1.807, 2.05) is 30.0 Å². The maximum Gasteiger partial charge on any atom is 0.265 e. The SMILES string of the molecule is COc1cc(CC2CN(C(=O)c3scnc3C)C2)cc(OC)c1. The van der Waals surface area contributed by atoms with Crippen LogP contribution in [0.2, 0.25) is 0 Å². The molecule has 5 nitrogen and oxygen atoms in total. The molecule has 0 saturated carbocycles. The van der Waals surface area contributed by atoms with Crippen molar-refractivity contribution in [1.82, 2.24) is 9.88 Å². The first kappa shape index (κ1) is 15.8. The predicted molar refractivity (Wildman–Crippen MR) is 89.5 cm³/mol. The first-order valence-corrected chi connectivity index (χ1v) is 8.40. The van der Waals surface area contributed by atoms with Crippen LogP contribution in [0.4, 0.5) is 0 Å². The lowest BCUT2D eigenvalue weighted by Crippen LogP contribution is -2.50. The lowest BCUT2D eigenvalue weighted by Gasteiger charge is -2.39. The van der Waals surface area contributed by atoms with Crippen molar-refractivity contribution < 1.29 is 14.3 Å². The second kappa shape index (κ2) is 6.58. The van der Waals surface area contributed by atoms with Gasteiger partial charge >= 0.3 is 0 Å². The number of ether oxygens (including phenoxy) is 2. The summed E-state index contributed by atoms with van der Waals surface area (Å²) < 4.78 is 10.6. The molecule has 1 aliphatic heterocycles. The van der Waals surface area contributed by atoms with Crippen LogP contribution in [0.15, 0.2) is 23.7 Å². The number of thiazole rings is 1. The molecule has 2 aromatic rings. The van der Waals surface area contributed by atoms with Crippen molar-refractivity contribution in [2.45, 2.75) is 13.3 Å². The van der Waals surface area contributed by atoms with Crippen LogP contribution in [0.5, 0.6) is 11.5 Å². The van der Waals surface area contributed by atoms with Gasteiger partial charge in [-0.05, 0) is 37.0 Å². The van der Waals surface area contributed by atoms with Gasteiger partial charge in [0, 0.05) is 19.2 Å². The van der Waals surface area contributed by atoms with Gasteiger partial charge in [0.2, 0.25) is 0 Å². The number of hydrogen-bond acceptors (Lipinski definition) is 5. The summed E-state index contributed by atoms with van der Waals surface area (Å²) in [6.07, 6.45) is 0.916. The van der Waals surface area contributed by atoms with Gasteiger partial charge in [0.15, 0.2) is 0 Å². The zero-order valence-electron chi connectivity index (χ0n) is 13.5. The number of carbonyl (C=O) groups excluding carboxylic acids is 1. The fourth-order valence-corrected chi connectivity index (χ4v) is 3.60. The molecular formula is C17H20N2O3S. The Hall–Kier alpha value is -2.08. The van der Waals surface area contributed by atoms with Crippen LogP contribution in [0.25, 0.3) is 0 Å². The standard InChI is InChI=1S/C17H20N2O3S/c1-11-16(23-10-18-11)17(20)19-8-13(9-19)4-12-5-14(21-2)7-15(6-12)22-3/h5-7,10,13H,4,8-9H2,1-3H3. The molecule has 6 heteroatoms. The zero-order chi connectivity index (χ0) is 16.4. The Morgan fingerprint density at radius 2 is 1.91 bits per heavy atom. The molecular weight excluding hydrogens is 312 g/mol. The third kappa shape index (κ3) is 3.32. The van der Waals surface area contributed by atoms with Crippen molar-refractivity contribution in [2.24, 2.45) is 5.92 Å². The van der Waals surface area contributed by atoms with Gasteiger partial charge in [0.05, 0.1) is 25.4 Å². The topological polar surface area (TPSA) is 51.7 Å². The molecule has 23 heavy (non-hydrogen) atoms. The van der Waals surface area contributed by atoms with E-state index in [0.717, 1.165) is 41.6 Å². The summed E-state index contributed by atoms with van der Waals surface area (Å²) in [5.41, 5.74) is 3.72. The van der Waals surface area contributed by atoms with Crippen LogP contribution in [-0.2, 0) is 6.42 Å². The lowest BCUT2D eigenvalue weighted by atomic mass is 9.91. The Bertz CT molecular complexity index is 685. The molecule has 0 radical (unpaired) electrons. The van der Waals surface area contributed by atoms with Gasteiger partial charge in [0.25, 0.3) is 5.91 Å². The van der Waals surface area contributed by atoms with Gasteiger partial charge in [-0.2, -0.15) is 0 Å². The smallest absolute Gasteiger partial charge is 0.265 e. The summed E-state index contributed by atoms with van der Waals surface area (Å²) in [5, 5.41) is 0. The van der Waals surface area contributed by atoms with E-state index in [-0.39, 0.29) is 5.91 Å². The molecule has 122 valence electrons. The summed E-state index contributed by atoms with van der Waals surface area (Å²) in [6, 6.07) is 5.92. The van der Waals surface area contributed by atoms with Crippen LogP contribution in [0, 0.1) is 12.8 Å². The minimum Gasteiger partial charge on any atom is -0.497 e. The molecule has 1 amide bonds. The highest BCUT2D eigenvalue weighted by Gasteiger charge is 2.32. The van der Waals surface area contributed by atoms with Crippen molar-refractivity contribution in [3.8, 4) is 11.5 Å². The second-order valence-electron chi connectivity index (χ2n) is 5.77. The first-order chi connectivity index (χ1) is 11.1. The average molecular weight is 332 g/mol. The van der Waals surface area contributed by atoms with Crippen molar-refractivity contribution in [3.63, 3.8) is 0 Å². The van der Waals surface area contributed by atoms with E-state index in [1.165, 1.54) is 16.9 Å². The molecule has 0 aliphatic carbocycles. The van der Waals surface area contributed by atoms with Gasteiger partial charge in [-0.15, -0.1) is 11.3 Å². The van der Waals surface area contributed by atoms with Gasteiger partial charge in [0.1, 0.15) is 16.4 Å². The maximum absolute atomic E-state index is 12.4. The Morgan fingerprint density at radius 1 is 1.26 bits per heavy atom. The van der Waals surface area contributed by atoms with Crippen LogP contribution in [0.3, 0.4) is 0 Å². The Kier molecular flexibility index (Phi) is 4.52. The van der Waals surface area contributed by atoms with Crippen LogP contribution >= 0.6 is 11.3 Å². The van der Waals surface area contributed by atoms with Crippen molar-refractivity contribution in [1.29, 1.82) is 0 Å². The van der Waals surface area contributed by atoms with Crippen LogP contribution in [-0.4, -0.2) is 43.1 Å². The first-order valence-electron chi connectivity index (χ1n) is 7.52. The number of likely N-dealkylation sites (tertiary alicyclic amines) is 1. The molecule has 2 heterocycles. The van der Waals surface area contributed by atoms with E-state index >= 15 is 0 Å². The fourth-order valence-electron chi connectivity index (χ4n) is 2.83. The third-order valence-corrected chi connectivity index (χ3v) is 5.04. The summed E-state index contributed by atoms with van der Waals surface area (Å²) >= 11 is 1.41. The Labute approximate surface area is 139 Å². The normalized spacial score (nSPS) is 14.5. The minimum absolute atomic E-state index is 0.101. The molecule has 1 aromatic heterocycles. The van der Waals surface area contributed by atoms with Crippen LogP contribution < -0.4 is 9.47 Å². The van der Waals surface area contributed by atoms with Gasteiger partial charge in [-0.3, -0.25) is 4.79 Å². The summed E-state index contributed by atoms with van der Waals surface area (Å²) in [7, 11) is 3.30. The maximum atomic E-state index is 12.4. The van der Waals surface area contributed by atoms with Crippen molar-refractivity contribution >= 4 is 17.2 Å². The quantitative estimate of drug-likeness (QED) is 0.845. The summed E-state index contributed by atoms with van der Waals surface area (Å²) in [4.78, 5) is 19.2. The van der Waals surface area contributed by atoms with E-state index in [9.17, 15) is 4.79 Å². The van der Waals surface area contributed by atoms with E-state index in [1.54, 1.807) is 19.7 Å². The predicted octanol–water partition coefficient (Wildman–Crippen LogP) is 2.78. The molecule has 1 aliphatic rings. The molecule has 1 fully saturated rings. The Balaban J connectivity index is 1.60. The number of amides is 1. The van der Waals surface area contributed by atoms with E-state index < -0.39 is 0 Å². The van der Waals surface area contributed by atoms with Crippen LogP contribution in [0.1, 0.15) is 20.9 Å². The number of nitrogens with zero attached hydrogens (tertiary/aromatic N) is 2. The highest BCUT2D eigenvalue weighted by molar-refractivity contribution is 7.11. The molecule has 1 saturated heterocycles. The minimum atomic E-state index is 0.101. The highest BCUT2D eigenvalue weighted by atomic mass is 32.1. The zero-order valence-corrected chi connectivity index (χ0v) is 14.4. The molecule has 0 spiro atoms. The van der Waals surface area contributed by atoms with E-state index in [2.05, 4.69) is 4.98 Å². The number of benzene rings is 1. The van der Waals surface area contributed by atoms with Gasteiger partial charge in [-0.25, -0.2) is 4.98 Å². The molecule has 1 aromatic carbocycles. The number of aromatic nitrogens is 1. The molecule has 0 atom stereocenters. The molecule has 0 unspecified atom stereocenters. The lowest BCUT2D eigenvalue weighted by molar-refractivity contribution is 0.0505. The fraction of sp³-hybridized carbons (Fsp3) is 0.412. The molecule has 0 bridgehead atoms. The molecule has 0 N–H and O–H groups in total. The monoisotopic (exact) mass is 332 g/mol. The molecule has 3 rings (SSSR count). The van der Waals surface area contributed by atoms with E-state index in [0.29, 0.717) is 5.92 Å². The highest BCUT2D eigenvalue weighted by Crippen LogP contribution is 2.28. The number of hydrogen-bond donors (Lipinski definition) is 0. The van der Waals surface area contributed by atoms with E-state index in [4.69, 9.17) is 9.47 Å². The number of carbonyl (C=O) groups is 1. The largest absolute Gasteiger partial charge is 0.497 e. The third-order valence-electron chi connectivity index (χ3n) is 4.12. The average Bonchev–Trinajstić information content (AvgIpc) is 2.95. The summed E-state index contributed by atoms with van der Waals surface area (Å²) in [6.45, 7) is 3.45. The Morgan fingerprint density at radius 3 is 2.43 bits per heavy atom. The van der Waals surface area contributed by atoms with Crippen molar-refractivity contribution in [2.75, 3.05) is 27.3 Å². The van der Waals surface area contributed by atoms with Crippen molar-refractivity contribution in [3.05, 3.63) is 39.8 Å². The van der Waals surface area contributed by atoms with Gasteiger partial charge in [-0.1, -0.05) is 0 Å². The second-order valence-corrected chi connectivity index (χ2v) is 6.62.